The second-order valence-corrected chi connectivity index (χ2v) is 5.83. The van der Waals surface area contributed by atoms with Gasteiger partial charge in [0, 0.05) is 26.3 Å². The summed E-state index contributed by atoms with van der Waals surface area (Å²) >= 11 is 0. The molecule has 1 atom stereocenters. The predicted octanol–water partition coefficient (Wildman–Crippen LogP) is 1.70. The van der Waals surface area contributed by atoms with Crippen molar-refractivity contribution >= 4 is 11.9 Å². The molecule has 0 saturated carbocycles. The number of hydrogen-bond acceptors (Lipinski definition) is 3. The third-order valence-corrected chi connectivity index (χ3v) is 4.29. The number of likely N-dealkylation sites (tertiary alicyclic amines) is 1. The smallest absolute Gasteiger partial charge is 0.311 e. The molecule has 0 radical (unpaired) electrons. The van der Waals surface area contributed by atoms with E-state index in [9.17, 15) is 14.7 Å². The quantitative estimate of drug-likeness (QED) is 0.896. The van der Waals surface area contributed by atoms with Gasteiger partial charge in [-0.15, -0.1) is 0 Å². The predicted molar refractivity (Wildman–Crippen MR) is 78.1 cm³/mol. The second-order valence-electron chi connectivity index (χ2n) is 5.83. The largest absolute Gasteiger partial charge is 0.481 e. The number of carboxylic acid groups (broad SMARTS) is 1. The summed E-state index contributed by atoms with van der Waals surface area (Å²) < 4.78 is 1.64. The molecule has 116 valence electrons. The van der Waals surface area contributed by atoms with Crippen LogP contribution in [0, 0.1) is 5.41 Å². The Hall–Kier alpha value is -1.85. The first-order chi connectivity index (χ1) is 9.93. The Balaban J connectivity index is 2.20. The van der Waals surface area contributed by atoms with Gasteiger partial charge in [0.2, 0.25) is 0 Å². The van der Waals surface area contributed by atoms with Crippen molar-refractivity contribution in [2.24, 2.45) is 12.5 Å². The number of aliphatic carboxylic acids is 1. The maximum Gasteiger partial charge on any atom is 0.311 e. The van der Waals surface area contributed by atoms with E-state index in [-0.39, 0.29) is 5.91 Å². The molecule has 21 heavy (non-hydrogen) atoms. The van der Waals surface area contributed by atoms with E-state index in [2.05, 4.69) is 5.10 Å². The number of nitrogens with zero attached hydrogens (tertiary/aromatic N) is 3. The summed E-state index contributed by atoms with van der Waals surface area (Å²) in [5.74, 6) is -0.888. The van der Waals surface area contributed by atoms with E-state index >= 15 is 0 Å². The lowest BCUT2D eigenvalue weighted by Gasteiger charge is -2.24. The normalized spacial score (nSPS) is 21.8. The Labute approximate surface area is 124 Å². The average molecular weight is 293 g/mol. The van der Waals surface area contributed by atoms with Crippen LogP contribution in [0.5, 0.6) is 0 Å². The van der Waals surface area contributed by atoms with Crippen LogP contribution in [0.4, 0.5) is 0 Å². The first kappa shape index (κ1) is 15.5. The maximum absolute atomic E-state index is 12.6. The van der Waals surface area contributed by atoms with Crippen molar-refractivity contribution in [2.75, 3.05) is 13.1 Å². The Morgan fingerprint density at radius 1 is 1.43 bits per heavy atom. The molecule has 6 heteroatoms. The minimum atomic E-state index is -0.790. The Kier molecular flexibility index (Phi) is 4.34. The van der Waals surface area contributed by atoms with Gasteiger partial charge in [-0.1, -0.05) is 20.3 Å². The number of rotatable bonds is 5. The number of carbonyl (C=O) groups is 2. The summed E-state index contributed by atoms with van der Waals surface area (Å²) in [5, 5.41) is 13.8. The van der Waals surface area contributed by atoms with Crippen molar-refractivity contribution in [3.63, 3.8) is 0 Å². The summed E-state index contributed by atoms with van der Waals surface area (Å²) in [6.45, 7) is 4.74. The van der Waals surface area contributed by atoms with Gasteiger partial charge in [0.05, 0.1) is 16.7 Å². The van der Waals surface area contributed by atoms with Gasteiger partial charge in [-0.25, -0.2) is 0 Å². The molecule has 1 fully saturated rings. The molecule has 1 aromatic rings. The van der Waals surface area contributed by atoms with Gasteiger partial charge < -0.3 is 10.0 Å². The third kappa shape index (κ3) is 2.80. The first-order valence-electron chi connectivity index (χ1n) is 7.48. The minimum absolute atomic E-state index is 0.0980. The Bertz CT molecular complexity index is 552. The van der Waals surface area contributed by atoms with E-state index in [0.717, 1.165) is 12.1 Å². The van der Waals surface area contributed by atoms with Crippen molar-refractivity contribution < 1.29 is 14.7 Å². The van der Waals surface area contributed by atoms with Crippen molar-refractivity contribution in [3.8, 4) is 0 Å². The molecule has 0 bridgehead atoms. The number of hydrogen-bond donors (Lipinski definition) is 1. The summed E-state index contributed by atoms with van der Waals surface area (Å²) in [6.07, 6.45) is 4.36. The molecule has 1 aliphatic heterocycles. The lowest BCUT2D eigenvalue weighted by Crippen LogP contribution is -2.37. The van der Waals surface area contributed by atoms with Gasteiger partial charge in [-0.2, -0.15) is 5.10 Å². The Morgan fingerprint density at radius 3 is 2.71 bits per heavy atom. The van der Waals surface area contributed by atoms with Gasteiger partial charge in [0.25, 0.3) is 5.91 Å². The maximum atomic E-state index is 12.6. The summed E-state index contributed by atoms with van der Waals surface area (Å²) in [7, 11) is 1.79. The standard InChI is InChI=1S/C15H23N3O3/c1-4-6-15(14(20)21)7-8-18(10-15)13(19)11-9-17(3)16-12(11)5-2/h9H,4-8,10H2,1-3H3,(H,20,21). The molecule has 2 rings (SSSR count). The molecule has 1 saturated heterocycles. The molecule has 0 aromatic carbocycles. The summed E-state index contributed by atoms with van der Waals surface area (Å²) in [6, 6.07) is 0. The molecular formula is C15H23N3O3. The van der Waals surface area contributed by atoms with Gasteiger partial charge >= 0.3 is 5.97 Å². The lowest BCUT2D eigenvalue weighted by molar-refractivity contribution is -0.148. The molecule has 1 unspecified atom stereocenters. The first-order valence-corrected chi connectivity index (χ1v) is 7.48. The molecule has 1 aliphatic rings. The van der Waals surface area contributed by atoms with Crippen LogP contribution in [0.1, 0.15) is 49.2 Å². The van der Waals surface area contributed by atoms with Gasteiger partial charge in [-0.05, 0) is 19.3 Å². The van der Waals surface area contributed by atoms with Crippen molar-refractivity contribution in [1.29, 1.82) is 0 Å². The zero-order valence-corrected chi connectivity index (χ0v) is 12.9. The van der Waals surface area contributed by atoms with Gasteiger partial charge in [0.15, 0.2) is 0 Å². The average Bonchev–Trinajstić information content (AvgIpc) is 3.03. The molecule has 1 aromatic heterocycles. The van der Waals surface area contributed by atoms with Crippen LogP contribution in [0.25, 0.3) is 0 Å². The lowest BCUT2D eigenvalue weighted by atomic mass is 9.83. The zero-order valence-electron chi connectivity index (χ0n) is 12.9. The van der Waals surface area contributed by atoms with Crippen LogP contribution in [0.15, 0.2) is 6.20 Å². The Morgan fingerprint density at radius 2 is 2.14 bits per heavy atom. The molecule has 2 heterocycles. The zero-order chi connectivity index (χ0) is 15.6. The number of amides is 1. The monoisotopic (exact) mass is 293 g/mol. The minimum Gasteiger partial charge on any atom is -0.481 e. The number of carbonyl (C=O) groups excluding carboxylic acids is 1. The van der Waals surface area contributed by atoms with Crippen LogP contribution in [0.3, 0.4) is 0 Å². The van der Waals surface area contributed by atoms with E-state index in [0.29, 0.717) is 37.9 Å². The summed E-state index contributed by atoms with van der Waals surface area (Å²) in [4.78, 5) is 25.9. The topological polar surface area (TPSA) is 75.4 Å². The van der Waals surface area contributed by atoms with Crippen LogP contribution in [0.2, 0.25) is 0 Å². The van der Waals surface area contributed by atoms with E-state index in [4.69, 9.17) is 0 Å². The van der Waals surface area contributed by atoms with Crippen LogP contribution >= 0.6 is 0 Å². The van der Waals surface area contributed by atoms with Crippen molar-refractivity contribution in [3.05, 3.63) is 17.5 Å². The number of aromatic nitrogens is 2. The van der Waals surface area contributed by atoms with Crippen molar-refractivity contribution in [1.82, 2.24) is 14.7 Å². The second kappa shape index (κ2) is 5.87. The van der Waals surface area contributed by atoms with Crippen LogP contribution in [-0.4, -0.2) is 44.8 Å². The SMILES string of the molecule is CCCC1(C(=O)O)CCN(C(=O)c2cn(C)nc2CC)C1. The fourth-order valence-corrected chi connectivity index (χ4v) is 3.15. The van der Waals surface area contributed by atoms with E-state index in [1.165, 1.54) is 0 Å². The fourth-order valence-electron chi connectivity index (χ4n) is 3.15. The summed E-state index contributed by atoms with van der Waals surface area (Å²) in [5.41, 5.74) is 0.586. The molecular weight excluding hydrogens is 270 g/mol. The molecule has 1 N–H and O–H groups in total. The molecule has 0 aliphatic carbocycles. The highest BCUT2D eigenvalue weighted by atomic mass is 16.4. The highest BCUT2D eigenvalue weighted by molar-refractivity contribution is 5.96. The third-order valence-electron chi connectivity index (χ3n) is 4.29. The number of carboxylic acids is 1. The fraction of sp³-hybridized carbons (Fsp3) is 0.667. The van der Waals surface area contributed by atoms with Gasteiger partial charge in [0.1, 0.15) is 0 Å². The van der Waals surface area contributed by atoms with Crippen LogP contribution in [-0.2, 0) is 18.3 Å². The molecule has 6 nitrogen and oxygen atoms in total. The molecule has 1 amide bonds. The van der Waals surface area contributed by atoms with E-state index < -0.39 is 11.4 Å². The highest BCUT2D eigenvalue weighted by Crippen LogP contribution is 2.36. The van der Waals surface area contributed by atoms with Gasteiger partial charge in [-0.3, -0.25) is 14.3 Å². The number of aryl methyl sites for hydroxylation is 2. The highest BCUT2D eigenvalue weighted by Gasteiger charge is 2.45. The van der Waals surface area contributed by atoms with Crippen molar-refractivity contribution in [2.45, 2.75) is 39.5 Å². The molecule has 0 spiro atoms. The van der Waals surface area contributed by atoms with Crippen LogP contribution < -0.4 is 0 Å². The van der Waals surface area contributed by atoms with E-state index in [1.807, 2.05) is 13.8 Å². The van der Waals surface area contributed by atoms with E-state index in [1.54, 1.807) is 22.8 Å².